The fourth-order valence-corrected chi connectivity index (χ4v) is 3.31. The molecular weight excluding hydrogens is 406 g/mol. The Balaban J connectivity index is 1.55. The van der Waals surface area contributed by atoms with Gasteiger partial charge in [-0.25, -0.2) is 9.97 Å². The summed E-state index contributed by atoms with van der Waals surface area (Å²) < 4.78 is 13.0. The van der Waals surface area contributed by atoms with Gasteiger partial charge in [-0.15, -0.1) is 5.10 Å². The van der Waals surface area contributed by atoms with Crippen LogP contribution in [0.3, 0.4) is 0 Å². The number of rotatable bonds is 6. The summed E-state index contributed by atoms with van der Waals surface area (Å²) in [6.07, 6.45) is 3.13. The van der Waals surface area contributed by atoms with Crippen molar-refractivity contribution < 1.29 is 9.47 Å². The third-order valence-electron chi connectivity index (χ3n) is 4.86. The van der Waals surface area contributed by atoms with E-state index in [-0.39, 0.29) is 5.95 Å². The molecule has 32 heavy (non-hydrogen) atoms. The number of nitrogens with two attached hydrogens (primary N) is 1. The Kier molecular flexibility index (Phi) is 5.04. The number of ether oxygens (including phenoxy) is 2. The second-order valence-electron chi connectivity index (χ2n) is 6.91. The maximum atomic E-state index is 6.16. The lowest BCUT2D eigenvalue weighted by Crippen LogP contribution is -2.06. The van der Waals surface area contributed by atoms with Crippen molar-refractivity contribution >= 4 is 16.9 Å². The monoisotopic (exact) mass is 425 g/mol. The second-order valence-corrected chi connectivity index (χ2v) is 6.91. The minimum Gasteiger partial charge on any atom is -0.493 e. The first kappa shape index (κ1) is 19.4. The van der Waals surface area contributed by atoms with Crippen LogP contribution in [0.25, 0.3) is 28.2 Å². The van der Waals surface area contributed by atoms with Gasteiger partial charge in [-0.2, -0.15) is 9.67 Å². The lowest BCUT2D eigenvalue weighted by atomic mass is 10.2. The van der Waals surface area contributed by atoms with Crippen LogP contribution in [-0.2, 0) is 6.61 Å². The maximum absolute atomic E-state index is 6.16. The normalized spacial score (nSPS) is 10.9. The average Bonchev–Trinajstić information content (AvgIpc) is 3.24. The molecule has 0 spiro atoms. The summed E-state index contributed by atoms with van der Waals surface area (Å²) >= 11 is 0. The Morgan fingerprint density at radius 3 is 2.56 bits per heavy atom. The topological polar surface area (TPSA) is 114 Å². The summed E-state index contributed by atoms with van der Waals surface area (Å²) in [7, 11) is 1.59. The standard InChI is InChI=1S/C23H19N7O2/c1-31-19-11-16-18(12-20(19)32-13-15-7-3-2-4-8-15)26-14-27-22(16)30-23(24)28-21(29-30)17-9-5-6-10-25-17/h2-12,14H,13H2,1H3,(H2,24,28,29). The van der Waals surface area contributed by atoms with E-state index in [2.05, 4.69) is 25.0 Å². The zero-order chi connectivity index (χ0) is 21.9. The Bertz CT molecular complexity index is 1370. The fourth-order valence-electron chi connectivity index (χ4n) is 3.31. The van der Waals surface area contributed by atoms with Gasteiger partial charge in [0.15, 0.2) is 17.3 Å². The molecule has 3 heterocycles. The minimum atomic E-state index is 0.189. The van der Waals surface area contributed by atoms with Gasteiger partial charge in [0.1, 0.15) is 18.6 Å². The van der Waals surface area contributed by atoms with E-state index in [4.69, 9.17) is 15.2 Å². The zero-order valence-corrected chi connectivity index (χ0v) is 17.2. The Hall–Kier alpha value is -4.53. The van der Waals surface area contributed by atoms with E-state index < -0.39 is 0 Å². The highest BCUT2D eigenvalue weighted by Crippen LogP contribution is 2.34. The van der Waals surface area contributed by atoms with E-state index >= 15 is 0 Å². The van der Waals surface area contributed by atoms with Crippen molar-refractivity contribution in [2.75, 3.05) is 12.8 Å². The van der Waals surface area contributed by atoms with Crippen LogP contribution in [-0.4, -0.2) is 36.8 Å². The van der Waals surface area contributed by atoms with Crippen molar-refractivity contribution in [3.05, 3.63) is 78.8 Å². The SMILES string of the molecule is COc1cc2c(-n3nc(-c4ccccn4)nc3N)ncnc2cc1OCc1ccccc1. The lowest BCUT2D eigenvalue weighted by Gasteiger charge is -2.13. The van der Waals surface area contributed by atoms with Gasteiger partial charge in [-0.1, -0.05) is 36.4 Å². The molecule has 0 atom stereocenters. The van der Waals surface area contributed by atoms with Gasteiger partial charge in [-0.3, -0.25) is 4.98 Å². The van der Waals surface area contributed by atoms with Crippen molar-refractivity contribution in [2.45, 2.75) is 6.61 Å². The number of pyridine rings is 1. The summed E-state index contributed by atoms with van der Waals surface area (Å²) in [5.74, 6) is 2.20. The zero-order valence-electron chi connectivity index (χ0n) is 17.2. The molecule has 5 rings (SSSR count). The van der Waals surface area contributed by atoms with Gasteiger partial charge in [-0.05, 0) is 23.8 Å². The molecule has 0 aliphatic rings. The molecule has 0 aliphatic carbocycles. The first-order chi connectivity index (χ1) is 15.7. The number of nitrogen functional groups attached to an aromatic ring is 1. The minimum absolute atomic E-state index is 0.189. The van der Waals surface area contributed by atoms with Crippen LogP contribution >= 0.6 is 0 Å². The summed E-state index contributed by atoms with van der Waals surface area (Å²) in [4.78, 5) is 17.4. The number of hydrogen-bond acceptors (Lipinski definition) is 8. The summed E-state index contributed by atoms with van der Waals surface area (Å²) in [6, 6.07) is 19.0. The van der Waals surface area contributed by atoms with Crippen molar-refractivity contribution in [2.24, 2.45) is 0 Å². The van der Waals surface area contributed by atoms with Gasteiger partial charge in [0.2, 0.25) is 11.8 Å². The molecule has 9 heteroatoms. The van der Waals surface area contributed by atoms with E-state index in [0.717, 1.165) is 5.56 Å². The van der Waals surface area contributed by atoms with Crippen LogP contribution in [0.4, 0.5) is 5.95 Å². The van der Waals surface area contributed by atoms with Crippen molar-refractivity contribution in [3.8, 4) is 28.8 Å². The molecule has 0 radical (unpaired) electrons. The molecule has 0 unspecified atom stereocenters. The average molecular weight is 425 g/mol. The molecule has 3 aromatic heterocycles. The van der Waals surface area contributed by atoms with Crippen LogP contribution in [0.2, 0.25) is 0 Å². The van der Waals surface area contributed by atoms with Crippen LogP contribution < -0.4 is 15.2 Å². The summed E-state index contributed by atoms with van der Waals surface area (Å²) in [5, 5.41) is 5.21. The van der Waals surface area contributed by atoms with Crippen LogP contribution in [0.5, 0.6) is 11.5 Å². The molecule has 2 aromatic carbocycles. The van der Waals surface area contributed by atoms with Crippen LogP contribution in [0.15, 0.2) is 73.2 Å². The van der Waals surface area contributed by atoms with Gasteiger partial charge >= 0.3 is 0 Å². The van der Waals surface area contributed by atoms with E-state index in [9.17, 15) is 0 Å². The fraction of sp³-hybridized carbons (Fsp3) is 0.0870. The first-order valence-electron chi connectivity index (χ1n) is 9.86. The highest BCUT2D eigenvalue weighted by atomic mass is 16.5. The molecule has 5 aromatic rings. The molecule has 0 saturated heterocycles. The van der Waals surface area contributed by atoms with E-state index in [1.165, 1.54) is 11.0 Å². The number of anilines is 1. The van der Waals surface area contributed by atoms with Gasteiger partial charge in [0.05, 0.1) is 12.6 Å². The van der Waals surface area contributed by atoms with Crippen molar-refractivity contribution in [1.82, 2.24) is 29.7 Å². The summed E-state index contributed by atoms with van der Waals surface area (Å²) in [6.45, 7) is 0.407. The lowest BCUT2D eigenvalue weighted by molar-refractivity contribution is 0.285. The first-order valence-corrected chi connectivity index (χ1v) is 9.86. The Labute approximate surface area is 183 Å². The molecule has 158 valence electrons. The van der Waals surface area contributed by atoms with E-state index in [1.807, 2.05) is 60.7 Å². The quantitative estimate of drug-likeness (QED) is 0.440. The molecule has 0 bridgehead atoms. The highest BCUT2D eigenvalue weighted by molar-refractivity contribution is 5.88. The number of nitrogens with zero attached hydrogens (tertiary/aromatic N) is 6. The molecule has 0 fully saturated rings. The van der Waals surface area contributed by atoms with Gasteiger partial charge < -0.3 is 15.2 Å². The van der Waals surface area contributed by atoms with Gasteiger partial charge in [0.25, 0.3) is 0 Å². The van der Waals surface area contributed by atoms with Crippen LogP contribution in [0, 0.1) is 0 Å². The largest absolute Gasteiger partial charge is 0.493 e. The number of hydrogen-bond donors (Lipinski definition) is 1. The predicted octanol–water partition coefficient (Wildman–Crippen LogP) is 3.44. The van der Waals surface area contributed by atoms with Crippen molar-refractivity contribution in [3.63, 3.8) is 0 Å². The van der Waals surface area contributed by atoms with E-state index in [0.29, 0.717) is 46.3 Å². The Morgan fingerprint density at radius 1 is 0.938 bits per heavy atom. The molecule has 0 saturated carbocycles. The third-order valence-corrected chi connectivity index (χ3v) is 4.86. The maximum Gasteiger partial charge on any atom is 0.225 e. The number of benzene rings is 2. The smallest absolute Gasteiger partial charge is 0.225 e. The molecule has 9 nitrogen and oxygen atoms in total. The number of aromatic nitrogens is 6. The van der Waals surface area contributed by atoms with Crippen LogP contribution in [0.1, 0.15) is 5.56 Å². The highest BCUT2D eigenvalue weighted by Gasteiger charge is 2.17. The third kappa shape index (κ3) is 3.67. The molecule has 0 amide bonds. The van der Waals surface area contributed by atoms with Crippen molar-refractivity contribution in [1.29, 1.82) is 0 Å². The number of methoxy groups -OCH3 is 1. The predicted molar refractivity (Wildman–Crippen MR) is 119 cm³/mol. The van der Waals surface area contributed by atoms with Gasteiger partial charge in [0, 0.05) is 17.6 Å². The molecule has 2 N–H and O–H groups in total. The second kappa shape index (κ2) is 8.31. The van der Waals surface area contributed by atoms with E-state index in [1.54, 1.807) is 13.3 Å². The molecule has 0 aliphatic heterocycles. The summed E-state index contributed by atoms with van der Waals surface area (Å²) in [5.41, 5.74) is 8.49. The Morgan fingerprint density at radius 2 is 1.78 bits per heavy atom. The number of fused-ring (bicyclic) bond motifs is 1. The molecular formula is C23H19N7O2.